The maximum atomic E-state index is 12.0. The van der Waals surface area contributed by atoms with Gasteiger partial charge < -0.3 is 5.11 Å². The van der Waals surface area contributed by atoms with Gasteiger partial charge in [-0.05, 0) is 44.0 Å². The summed E-state index contributed by atoms with van der Waals surface area (Å²) in [4.78, 5) is 11.8. The molecule has 0 radical (unpaired) electrons. The standard InChI is InChI=1S/C13H14O4S/c1-8-7-9-10(13(2,3)12(14)15)5-4-6-11(9)18(8,16)17/h4-7H,1-3H3,(H,14,15). The van der Waals surface area contributed by atoms with Crippen molar-refractivity contribution in [3.05, 3.63) is 34.2 Å². The zero-order chi connectivity index (χ0) is 13.7. The smallest absolute Gasteiger partial charge is 0.313 e. The minimum Gasteiger partial charge on any atom is -0.481 e. The molecule has 0 spiro atoms. The van der Waals surface area contributed by atoms with Gasteiger partial charge in [0.15, 0.2) is 0 Å². The third kappa shape index (κ3) is 1.58. The van der Waals surface area contributed by atoms with Crippen LogP contribution < -0.4 is 0 Å². The number of carboxylic acid groups (broad SMARTS) is 1. The Hall–Kier alpha value is -1.62. The first-order valence-electron chi connectivity index (χ1n) is 5.49. The van der Waals surface area contributed by atoms with Crippen LogP contribution in [0.1, 0.15) is 31.9 Å². The largest absolute Gasteiger partial charge is 0.481 e. The minimum absolute atomic E-state index is 0.201. The van der Waals surface area contributed by atoms with E-state index >= 15 is 0 Å². The zero-order valence-electron chi connectivity index (χ0n) is 10.4. The highest BCUT2D eigenvalue weighted by molar-refractivity contribution is 7.95. The van der Waals surface area contributed by atoms with Gasteiger partial charge in [-0.1, -0.05) is 12.1 Å². The number of benzene rings is 1. The summed E-state index contributed by atoms with van der Waals surface area (Å²) in [6.45, 7) is 4.66. The molecular formula is C13H14O4S. The summed E-state index contributed by atoms with van der Waals surface area (Å²) in [5.41, 5.74) is -0.0996. The number of fused-ring (bicyclic) bond motifs is 1. The number of hydrogen-bond donors (Lipinski definition) is 1. The molecule has 0 aromatic heterocycles. The van der Waals surface area contributed by atoms with Crippen molar-refractivity contribution in [2.45, 2.75) is 31.1 Å². The average molecular weight is 266 g/mol. The molecule has 0 aliphatic carbocycles. The van der Waals surface area contributed by atoms with E-state index in [1.165, 1.54) is 13.0 Å². The molecule has 1 heterocycles. The third-order valence-corrected chi connectivity index (χ3v) is 5.24. The number of hydrogen-bond acceptors (Lipinski definition) is 3. The molecule has 0 unspecified atom stereocenters. The second-order valence-electron chi connectivity index (χ2n) is 4.91. The van der Waals surface area contributed by atoms with Crippen LogP contribution in [0.25, 0.3) is 6.08 Å². The fourth-order valence-electron chi connectivity index (χ4n) is 2.04. The molecule has 0 saturated carbocycles. The van der Waals surface area contributed by atoms with Crippen LogP contribution >= 0.6 is 0 Å². The molecule has 1 aliphatic rings. The number of allylic oxidation sites excluding steroid dienone is 1. The van der Waals surface area contributed by atoms with Gasteiger partial charge in [0.2, 0.25) is 9.84 Å². The molecule has 0 bridgehead atoms. The molecule has 0 atom stereocenters. The van der Waals surface area contributed by atoms with Crippen molar-refractivity contribution in [2.24, 2.45) is 0 Å². The molecule has 0 amide bonds. The normalized spacial score (nSPS) is 17.2. The first kappa shape index (κ1) is 12.8. The number of aliphatic carboxylic acids is 1. The first-order chi connectivity index (χ1) is 8.19. The van der Waals surface area contributed by atoms with E-state index in [4.69, 9.17) is 0 Å². The molecular weight excluding hydrogens is 252 g/mol. The number of carbonyl (C=O) groups is 1. The van der Waals surface area contributed by atoms with Crippen molar-refractivity contribution in [1.29, 1.82) is 0 Å². The van der Waals surface area contributed by atoms with E-state index < -0.39 is 21.2 Å². The fraction of sp³-hybridized carbons (Fsp3) is 0.308. The van der Waals surface area contributed by atoms with Crippen molar-refractivity contribution < 1.29 is 18.3 Å². The second-order valence-corrected chi connectivity index (χ2v) is 7.00. The van der Waals surface area contributed by atoms with E-state index in [9.17, 15) is 18.3 Å². The van der Waals surface area contributed by atoms with Gasteiger partial charge >= 0.3 is 5.97 Å². The van der Waals surface area contributed by atoms with Crippen molar-refractivity contribution >= 4 is 21.9 Å². The van der Waals surface area contributed by atoms with Gasteiger partial charge in [-0.2, -0.15) is 0 Å². The quantitative estimate of drug-likeness (QED) is 0.890. The maximum absolute atomic E-state index is 12.0. The van der Waals surface area contributed by atoms with Gasteiger partial charge in [-0.15, -0.1) is 0 Å². The Morgan fingerprint density at radius 3 is 2.44 bits per heavy atom. The van der Waals surface area contributed by atoms with Crippen LogP contribution in [0.5, 0.6) is 0 Å². The van der Waals surface area contributed by atoms with E-state index in [1.807, 2.05) is 0 Å². The highest BCUT2D eigenvalue weighted by Gasteiger charge is 2.36. The van der Waals surface area contributed by atoms with Crippen LogP contribution in [0.4, 0.5) is 0 Å². The van der Waals surface area contributed by atoms with Crippen LogP contribution in [-0.4, -0.2) is 19.5 Å². The van der Waals surface area contributed by atoms with Crippen molar-refractivity contribution in [3.63, 3.8) is 0 Å². The van der Waals surface area contributed by atoms with Gasteiger partial charge in [-0.25, -0.2) is 8.42 Å². The summed E-state index contributed by atoms with van der Waals surface area (Å²) in [6, 6.07) is 4.76. The van der Waals surface area contributed by atoms with E-state index in [0.29, 0.717) is 11.1 Å². The third-order valence-electron chi connectivity index (χ3n) is 3.34. The topological polar surface area (TPSA) is 71.4 Å². The Kier molecular flexibility index (Phi) is 2.63. The monoisotopic (exact) mass is 266 g/mol. The molecule has 96 valence electrons. The predicted molar refractivity (Wildman–Crippen MR) is 67.9 cm³/mol. The second kappa shape index (κ2) is 3.68. The van der Waals surface area contributed by atoms with Gasteiger partial charge in [0.05, 0.1) is 10.3 Å². The van der Waals surface area contributed by atoms with Crippen LogP contribution in [0.15, 0.2) is 28.0 Å². The summed E-state index contributed by atoms with van der Waals surface area (Å²) in [7, 11) is -3.42. The Morgan fingerprint density at radius 2 is 1.89 bits per heavy atom. The number of rotatable bonds is 2. The predicted octanol–water partition coefficient (Wildman–Crippen LogP) is 2.20. The Balaban J connectivity index is 2.78. The minimum atomic E-state index is -3.42. The Bertz CT molecular complexity index is 666. The molecule has 2 rings (SSSR count). The molecule has 1 N–H and O–H groups in total. The lowest BCUT2D eigenvalue weighted by Crippen LogP contribution is -2.29. The summed E-state index contributed by atoms with van der Waals surface area (Å²) >= 11 is 0. The van der Waals surface area contributed by atoms with Crippen molar-refractivity contribution in [3.8, 4) is 0 Å². The SMILES string of the molecule is CC1=Cc2c(C(C)(C)C(=O)O)cccc2S1(=O)=O. The lowest BCUT2D eigenvalue weighted by Gasteiger charge is -2.22. The first-order valence-corrected chi connectivity index (χ1v) is 6.97. The molecule has 0 fully saturated rings. The molecule has 1 aromatic carbocycles. The van der Waals surface area contributed by atoms with Gasteiger partial charge in [-0.3, -0.25) is 4.79 Å². The van der Waals surface area contributed by atoms with Crippen LogP contribution in [-0.2, 0) is 20.0 Å². The molecule has 18 heavy (non-hydrogen) atoms. The highest BCUT2D eigenvalue weighted by atomic mass is 32.2. The zero-order valence-corrected chi connectivity index (χ0v) is 11.2. The fourth-order valence-corrected chi connectivity index (χ4v) is 3.38. The van der Waals surface area contributed by atoms with Gasteiger partial charge in [0, 0.05) is 4.91 Å². The lowest BCUT2D eigenvalue weighted by molar-refractivity contribution is -0.142. The van der Waals surface area contributed by atoms with E-state index in [2.05, 4.69) is 0 Å². The van der Waals surface area contributed by atoms with Crippen LogP contribution in [0, 0.1) is 0 Å². The van der Waals surface area contributed by atoms with Crippen molar-refractivity contribution in [1.82, 2.24) is 0 Å². The number of sulfone groups is 1. The molecule has 4 nitrogen and oxygen atoms in total. The van der Waals surface area contributed by atoms with E-state index in [1.54, 1.807) is 32.1 Å². The molecule has 0 saturated heterocycles. The summed E-state index contributed by atoms with van der Waals surface area (Å²) in [5, 5.41) is 9.25. The molecule has 1 aliphatic heterocycles. The average Bonchev–Trinajstić information content (AvgIpc) is 2.50. The summed E-state index contributed by atoms with van der Waals surface area (Å²) < 4.78 is 24.0. The van der Waals surface area contributed by atoms with Crippen LogP contribution in [0.2, 0.25) is 0 Å². The Labute approximate surface area is 106 Å². The summed E-state index contributed by atoms with van der Waals surface area (Å²) in [6.07, 6.45) is 1.55. The van der Waals surface area contributed by atoms with E-state index in [0.717, 1.165) is 0 Å². The molecule has 5 heteroatoms. The van der Waals surface area contributed by atoms with Crippen LogP contribution in [0.3, 0.4) is 0 Å². The maximum Gasteiger partial charge on any atom is 0.313 e. The lowest BCUT2D eigenvalue weighted by atomic mass is 9.82. The highest BCUT2D eigenvalue weighted by Crippen LogP contribution is 2.38. The summed E-state index contributed by atoms with van der Waals surface area (Å²) in [5.74, 6) is -0.980. The van der Waals surface area contributed by atoms with Gasteiger partial charge in [0.25, 0.3) is 0 Å². The molecule has 1 aromatic rings. The van der Waals surface area contributed by atoms with Crippen molar-refractivity contribution in [2.75, 3.05) is 0 Å². The number of carboxylic acids is 1. The van der Waals surface area contributed by atoms with E-state index in [-0.39, 0.29) is 9.80 Å². The Morgan fingerprint density at radius 1 is 1.28 bits per heavy atom. The van der Waals surface area contributed by atoms with Gasteiger partial charge in [0.1, 0.15) is 0 Å².